The van der Waals surface area contributed by atoms with Crippen molar-refractivity contribution >= 4 is 5.71 Å². The molecule has 0 amide bonds. The number of ether oxygens (including phenoxy) is 1. The number of phenolic OH excluding ortho intramolecular Hbond substituents is 1. The fourth-order valence-electron chi connectivity index (χ4n) is 2.18. The number of benzene rings is 2. The minimum absolute atomic E-state index is 0.0111. The van der Waals surface area contributed by atoms with Gasteiger partial charge < -0.3 is 14.7 Å². The molecule has 0 atom stereocenters. The van der Waals surface area contributed by atoms with E-state index in [0.29, 0.717) is 17.7 Å². The van der Waals surface area contributed by atoms with Crippen molar-refractivity contribution in [1.29, 1.82) is 0 Å². The van der Waals surface area contributed by atoms with Crippen molar-refractivity contribution in [2.24, 2.45) is 5.16 Å². The molecule has 0 aliphatic heterocycles. The fourth-order valence-corrected chi connectivity index (χ4v) is 2.18. The van der Waals surface area contributed by atoms with Gasteiger partial charge in [0.25, 0.3) is 0 Å². The van der Waals surface area contributed by atoms with Crippen LogP contribution in [0.2, 0.25) is 0 Å². The molecule has 0 fully saturated rings. The monoisotopic (exact) mass is 317 g/mol. The molecule has 5 heteroatoms. The number of aromatic hydroxyl groups is 1. The largest absolute Gasteiger partial charge is 0.504 e. The highest BCUT2D eigenvalue weighted by Crippen LogP contribution is 2.33. The highest BCUT2D eigenvalue weighted by atomic mass is 19.1. The van der Waals surface area contributed by atoms with Gasteiger partial charge >= 0.3 is 0 Å². The molecule has 2 aromatic rings. The van der Waals surface area contributed by atoms with E-state index in [1.54, 1.807) is 18.2 Å². The predicted octanol–water partition coefficient (Wildman–Crippen LogP) is 4.65. The molecule has 0 aliphatic carbocycles. The van der Waals surface area contributed by atoms with Gasteiger partial charge in [0.1, 0.15) is 7.11 Å². The molecule has 2 aromatic carbocycles. The molecule has 1 N–H and O–H groups in total. The molecule has 4 nitrogen and oxygen atoms in total. The zero-order valence-electron chi connectivity index (χ0n) is 13.5. The summed E-state index contributed by atoms with van der Waals surface area (Å²) in [4.78, 5) is 4.75. The van der Waals surface area contributed by atoms with E-state index in [1.807, 2.05) is 19.9 Å². The van der Waals surface area contributed by atoms with E-state index in [4.69, 9.17) is 9.57 Å². The number of halogens is 1. The number of hydrogen-bond acceptors (Lipinski definition) is 4. The van der Waals surface area contributed by atoms with Gasteiger partial charge in [0.2, 0.25) is 0 Å². The van der Waals surface area contributed by atoms with Crippen LogP contribution in [0.4, 0.5) is 4.39 Å². The molecule has 0 saturated heterocycles. The van der Waals surface area contributed by atoms with Gasteiger partial charge in [-0.25, -0.2) is 4.39 Å². The first-order valence-corrected chi connectivity index (χ1v) is 7.48. The molecular formula is C18H20FNO3. The van der Waals surface area contributed by atoms with Crippen LogP contribution in [0.1, 0.15) is 31.4 Å². The Labute approximate surface area is 135 Å². The van der Waals surface area contributed by atoms with Crippen LogP contribution >= 0.6 is 0 Å². The fraction of sp³-hybridized carbons (Fsp3) is 0.278. The smallest absolute Gasteiger partial charge is 0.169 e. The van der Waals surface area contributed by atoms with Gasteiger partial charge in [-0.2, -0.15) is 0 Å². The summed E-state index contributed by atoms with van der Waals surface area (Å²) < 4.78 is 19.7. The second-order valence-corrected chi connectivity index (χ2v) is 4.98. The molecule has 0 aromatic heterocycles. The van der Waals surface area contributed by atoms with Crippen LogP contribution < -0.4 is 4.74 Å². The van der Waals surface area contributed by atoms with E-state index in [9.17, 15) is 9.50 Å². The molecule has 122 valence electrons. The first-order chi connectivity index (χ1) is 11.1. The van der Waals surface area contributed by atoms with Crippen molar-refractivity contribution < 1.29 is 19.1 Å². The van der Waals surface area contributed by atoms with Gasteiger partial charge in [0, 0.05) is 5.56 Å². The van der Waals surface area contributed by atoms with Crippen molar-refractivity contribution in [3.05, 3.63) is 53.3 Å². The van der Waals surface area contributed by atoms with Crippen LogP contribution in [0, 0.1) is 5.82 Å². The topological polar surface area (TPSA) is 51.0 Å². The Morgan fingerprint density at radius 2 is 1.87 bits per heavy atom. The van der Waals surface area contributed by atoms with Crippen LogP contribution in [0.25, 0.3) is 0 Å². The Bertz CT molecular complexity index is 713. The van der Waals surface area contributed by atoms with E-state index < -0.39 is 5.82 Å². The molecule has 23 heavy (non-hydrogen) atoms. The number of rotatable bonds is 6. The van der Waals surface area contributed by atoms with Crippen molar-refractivity contribution in [2.45, 2.75) is 26.7 Å². The Balaban J connectivity index is 2.26. The number of hydrogen-bond donors (Lipinski definition) is 1. The summed E-state index contributed by atoms with van der Waals surface area (Å²) in [5.41, 5.74) is 2.26. The van der Waals surface area contributed by atoms with Crippen molar-refractivity contribution in [3.63, 3.8) is 0 Å². The van der Waals surface area contributed by atoms with Crippen LogP contribution in [-0.4, -0.2) is 17.9 Å². The van der Waals surface area contributed by atoms with Crippen LogP contribution in [0.5, 0.6) is 17.2 Å². The SMILES string of the molecule is CCC(=NOC)c1ccc(Oc2ccc(CC)cc2O)c(F)c1. The molecule has 0 saturated carbocycles. The maximum absolute atomic E-state index is 14.2. The zero-order valence-corrected chi connectivity index (χ0v) is 13.5. The minimum Gasteiger partial charge on any atom is -0.504 e. The van der Waals surface area contributed by atoms with E-state index in [2.05, 4.69) is 5.16 Å². The van der Waals surface area contributed by atoms with Gasteiger partial charge in [-0.05, 0) is 48.7 Å². The zero-order chi connectivity index (χ0) is 16.8. The van der Waals surface area contributed by atoms with E-state index >= 15 is 0 Å². The van der Waals surface area contributed by atoms with E-state index in [1.165, 1.54) is 19.2 Å². The van der Waals surface area contributed by atoms with Crippen molar-refractivity contribution in [2.75, 3.05) is 7.11 Å². The van der Waals surface area contributed by atoms with Gasteiger partial charge in [0.15, 0.2) is 23.1 Å². The molecule has 0 heterocycles. The third-order valence-corrected chi connectivity index (χ3v) is 3.45. The second kappa shape index (κ2) is 7.63. The van der Waals surface area contributed by atoms with Gasteiger partial charge in [-0.1, -0.05) is 25.1 Å². The van der Waals surface area contributed by atoms with Crippen LogP contribution in [0.15, 0.2) is 41.6 Å². The predicted molar refractivity (Wildman–Crippen MR) is 87.8 cm³/mol. The van der Waals surface area contributed by atoms with Crippen LogP contribution in [-0.2, 0) is 11.3 Å². The summed E-state index contributed by atoms with van der Waals surface area (Å²) in [6.07, 6.45) is 1.42. The third kappa shape index (κ3) is 4.00. The average molecular weight is 317 g/mol. The number of oxime groups is 1. The summed E-state index contributed by atoms with van der Waals surface area (Å²) >= 11 is 0. The third-order valence-electron chi connectivity index (χ3n) is 3.45. The molecule has 0 bridgehead atoms. The molecule has 0 spiro atoms. The highest BCUT2D eigenvalue weighted by molar-refractivity contribution is 6.00. The quantitative estimate of drug-likeness (QED) is 0.623. The minimum atomic E-state index is -0.529. The van der Waals surface area contributed by atoms with Crippen molar-refractivity contribution in [1.82, 2.24) is 0 Å². The average Bonchev–Trinajstić information content (AvgIpc) is 2.56. The summed E-state index contributed by atoms with van der Waals surface area (Å²) in [7, 11) is 1.45. The lowest BCUT2D eigenvalue weighted by Gasteiger charge is -2.11. The second-order valence-electron chi connectivity index (χ2n) is 4.98. The number of aryl methyl sites for hydroxylation is 1. The lowest BCUT2D eigenvalue weighted by atomic mass is 10.1. The first kappa shape index (κ1) is 16.8. The maximum Gasteiger partial charge on any atom is 0.169 e. The van der Waals surface area contributed by atoms with Crippen molar-refractivity contribution in [3.8, 4) is 17.2 Å². The Hall–Kier alpha value is -2.56. The molecule has 0 radical (unpaired) electrons. The molecular weight excluding hydrogens is 297 g/mol. The number of phenols is 1. The normalized spacial score (nSPS) is 11.4. The van der Waals surface area contributed by atoms with Crippen LogP contribution in [0.3, 0.4) is 0 Å². The van der Waals surface area contributed by atoms with E-state index in [0.717, 1.165) is 12.0 Å². The standard InChI is InChI=1S/C18H20FNO3/c1-4-12-6-8-18(16(21)10-12)23-17-9-7-13(11-14(17)19)15(5-2)20-22-3/h6-11,21H,4-5H2,1-3H3. The molecule has 0 aliphatic rings. The summed E-state index contributed by atoms with van der Waals surface area (Å²) in [5, 5.41) is 13.8. The maximum atomic E-state index is 14.2. The Morgan fingerprint density at radius 1 is 1.13 bits per heavy atom. The summed E-state index contributed by atoms with van der Waals surface area (Å²) in [6, 6.07) is 9.64. The Morgan fingerprint density at radius 3 is 2.43 bits per heavy atom. The lowest BCUT2D eigenvalue weighted by molar-refractivity contribution is 0.213. The molecule has 0 unspecified atom stereocenters. The van der Waals surface area contributed by atoms with Gasteiger partial charge in [-0.3, -0.25) is 0 Å². The van der Waals surface area contributed by atoms with E-state index in [-0.39, 0.29) is 17.2 Å². The van der Waals surface area contributed by atoms with Gasteiger partial charge in [-0.15, -0.1) is 0 Å². The van der Waals surface area contributed by atoms with Gasteiger partial charge in [0.05, 0.1) is 5.71 Å². The number of nitrogens with zero attached hydrogens (tertiary/aromatic N) is 1. The first-order valence-electron chi connectivity index (χ1n) is 7.48. The Kier molecular flexibility index (Phi) is 5.57. The molecule has 2 rings (SSSR count). The summed E-state index contributed by atoms with van der Waals surface area (Å²) in [5.74, 6) is -0.280. The summed E-state index contributed by atoms with van der Waals surface area (Å²) in [6.45, 7) is 3.90. The lowest BCUT2D eigenvalue weighted by Crippen LogP contribution is -2.01. The highest BCUT2D eigenvalue weighted by Gasteiger charge is 2.11.